The third-order valence-corrected chi connectivity index (χ3v) is 2.97. The van der Waals surface area contributed by atoms with Crippen molar-refractivity contribution in [3.05, 3.63) is 91.0 Å². The van der Waals surface area contributed by atoms with Gasteiger partial charge in [0.2, 0.25) is 0 Å². The molecular weight excluding hydrogens is 276 g/mol. The highest BCUT2D eigenvalue weighted by atomic mass is 14.0. The summed E-state index contributed by atoms with van der Waals surface area (Å²) < 4.78 is 0. The molecular formula is C23H30. The molecule has 0 unspecified atom stereocenters. The average molecular weight is 306 g/mol. The summed E-state index contributed by atoms with van der Waals surface area (Å²) in [6.07, 6.45) is 7.98. The number of hydrogen-bond donors (Lipinski definition) is 0. The summed E-state index contributed by atoms with van der Waals surface area (Å²) in [6.45, 7) is 13.8. The molecule has 0 nitrogen and oxygen atoms in total. The van der Waals surface area contributed by atoms with E-state index in [4.69, 9.17) is 0 Å². The van der Waals surface area contributed by atoms with Crippen LogP contribution < -0.4 is 0 Å². The Bertz CT molecular complexity index is 584. The van der Waals surface area contributed by atoms with E-state index in [0.29, 0.717) is 0 Å². The summed E-state index contributed by atoms with van der Waals surface area (Å²) >= 11 is 0. The van der Waals surface area contributed by atoms with Gasteiger partial charge in [-0.1, -0.05) is 113 Å². The Kier molecular flexibility index (Phi) is 12.0. The second-order valence-corrected chi connectivity index (χ2v) is 4.30. The topological polar surface area (TPSA) is 0 Å². The zero-order chi connectivity index (χ0) is 17.5. The van der Waals surface area contributed by atoms with Gasteiger partial charge in [0.25, 0.3) is 0 Å². The molecule has 0 heteroatoms. The van der Waals surface area contributed by atoms with Crippen molar-refractivity contribution in [2.24, 2.45) is 0 Å². The molecule has 23 heavy (non-hydrogen) atoms. The van der Waals surface area contributed by atoms with Crippen LogP contribution in [-0.4, -0.2) is 0 Å². The largest absolute Gasteiger partial charge is 0.0990 e. The van der Waals surface area contributed by atoms with Crippen molar-refractivity contribution in [3.8, 4) is 11.1 Å². The first kappa shape index (κ1) is 20.7. The fourth-order valence-corrected chi connectivity index (χ4v) is 2.04. The van der Waals surface area contributed by atoms with E-state index in [-0.39, 0.29) is 0 Å². The molecule has 0 spiro atoms. The van der Waals surface area contributed by atoms with Crippen LogP contribution in [0.15, 0.2) is 85.5 Å². The minimum Gasteiger partial charge on any atom is -0.0990 e. The fourth-order valence-electron chi connectivity index (χ4n) is 2.04. The van der Waals surface area contributed by atoms with Gasteiger partial charge in [-0.05, 0) is 29.2 Å². The molecule has 0 amide bonds. The molecule has 122 valence electrons. The molecule has 0 atom stereocenters. The van der Waals surface area contributed by atoms with Gasteiger partial charge in [-0.3, -0.25) is 0 Å². The summed E-state index contributed by atoms with van der Waals surface area (Å²) in [5.74, 6) is 0. The predicted molar refractivity (Wildman–Crippen MR) is 108 cm³/mol. The van der Waals surface area contributed by atoms with E-state index < -0.39 is 0 Å². The molecule has 0 aromatic heterocycles. The third-order valence-electron chi connectivity index (χ3n) is 2.97. The highest BCUT2D eigenvalue weighted by Crippen LogP contribution is 2.23. The molecule has 2 aromatic carbocycles. The van der Waals surface area contributed by atoms with Crippen LogP contribution in [0.25, 0.3) is 16.7 Å². The lowest BCUT2D eigenvalue weighted by molar-refractivity contribution is 1.50. The van der Waals surface area contributed by atoms with Crippen LogP contribution in [0, 0.1) is 0 Å². The van der Waals surface area contributed by atoms with Crippen molar-refractivity contribution in [1.82, 2.24) is 0 Å². The van der Waals surface area contributed by atoms with Gasteiger partial charge < -0.3 is 0 Å². The number of benzene rings is 2. The van der Waals surface area contributed by atoms with Crippen molar-refractivity contribution < 1.29 is 0 Å². The first-order valence-corrected chi connectivity index (χ1v) is 8.46. The molecule has 0 radical (unpaired) electrons. The molecule has 0 saturated heterocycles. The van der Waals surface area contributed by atoms with E-state index in [2.05, 4.69) is 61.2 Å². The van der Waals surface area contributed by atoms with Gasteiger partial charge in [-0.25, -0.2) is 0 Å². The van der Waals surface area contributed by atoms with E-state index in [1.807, 2.05) is 58.9 Å². The van der Waals surface area contributed by atoms with Gasteiger partial charge in [-0.2, -0.15) is 0 Å². The maximum atomic E-state index is 3.76. The third kappa shape index (κ3) is 6.97. The highest BCUT2D eigenvalue weighted by Gasteiger charge is 1.99. The van der Waals surface area contributed by atoms with Crippen LogP contribution in [0.5, 0.6) is 0 Å². The first-order valence-electron chi connectivity index (χ1n) is 8.46. The van der Waals surface area contributed by atoms with E-state index in [1.165, 1.54) is 22.3 Å². The highest BCUT2D eigenvalue weighted by molar-refractivity contribution is 5.77. The second-order valence-electron chi connectivity index (χ2n) is 4.30. The number of rotatable bonds is 4. The minimum absolute atomic E-state index is 1.18. The Morgan fingerprint density at radius 1 is 0.783 bits per heavy atom. The van der Waals surface area contributed by atoms with E-state index >= 15 is 0 Å². The summed E-state index contributed by atoms with van der Waals surface area (Å²) in [7, 11) is 0. The zero-order valence-electron chi connectivity index (χ0n) is 15.2. The number of allylic oxidation sites excluding steroid dienone is 5. The van der Waals surface area contributed by atoms with Crippen LogP contribution >= 0.6 is 0 Å². The summed E-state index contributed by atoms with van der Waals surface area (Å²) in [5.41, 5.74) is 4.87. The molecule has 2 rings (SSSR count). The van der Waals surface area contributed by atoms with Gasteiger partial charge in [0, 0.05) is 0 Å². The smallest absolute Gasteiger partial charge is 0.0184 e. The second kappa shape index (κ2) is 13.3. The van der Waals surface area contributed by atoms with Crippen molar-refractivity contribution in [2.45, 2.75) is 34.6 Å². The van der Waals surface area contributed by atoms with E-state index in [0.717, 1.165) is 0 Å². The van der Waals surface area contributed by atoms with Crippen molar-refractivity contribution in [2.75, 3.05) is 0 Å². The molecule has 2 aromatic rings. The summed E-state index contributed by atoms with van der Waals surface area (Å²) in [6, 6.07) is 19.0. The minimum atomic E-state index is 1.18. The van der Waals surface area contributed by atoms with Crippen molar-refractivity contribution in [3.63, 3.8) is 0 Å². The lowest BCUT2D eigenvalue weighted by atomic mass is 10.00. The van der Waals surface area contributed by atoms with Gasteiger partial charge in [-0.15, -0.1) is 0 Å². The molecule has 0 aliphatic rings. The summed E-state index contributed by atoms with van der Waals surface area (Å²) in [4.78, 5) is 0. The normalized spacial score (nSPS) is 10.2. The average Bonchev–Trinajstić information content (AvgIpc) is 2.66. The Balaban J connectivity index is 0.00000112. The lowest BCUT2D eigenvalue weighted by Crippen LogP contribution is -1.82. The Hall–Kier alpha value is -2.34. The monoisotopic (exact) mass is 306 g/mol. The van der Waals surface area contributed by atoms with Gasteiger partial charge >= 0.3 is 0 Å². The van der Waals surface area contributed by atoms with Crippen LogP contribution in [0.2, 0.25) is 0 Å². The molecule has 0 aliphatic heterocycles. The maximum absolute atomic E-state index is 3.76. The molecule has 0 fully saturated rings. The van der Waals surface area contributed by atoms with Crippen molar-refractivity contribution >= 4 is 5.57 Å². The fraction of sp³-hybridized carbons (Fsp3) is 0.217. The maximum Gasteiger partial charge on any atom is -0.0184 e. The predicted octanol–water partition coefficient (Wildman–Crippen LogP) is 7.55. The molecule has 0 heterocycles. The molecule has 0 bridgehead atoms. The SMILES string of the molecule is C=C/C=C(\C=C/C)c1ccc(-c2ccccc2)cc1.CC.CC. The standard InChI is InChI=1S/C19H18.2C2H6/c1-3-8-16(9-4-2)18-12-14-19(15-13-18)17-10-6-5-7-11-17;2*1-2/h3-15H,1H2,2H3;2*1-2H3/b9-4-,16-8+;;. The van der Waals surface area contributed by atoms with Gasteiger partial charge in [0.15, 0.2) is 0 Å². The van der Waals surface area contributed by atoms with Crippen LogP contribution in [0.4, 0.5) is 0 Å². The van der Waals surface area contributed by atoms with Crippen LogP contribution in [0.3, 0.4) is 0 Å². The first-order chi connectivity index (χ1) is 11.3. The quantitative estimate of drug-likeness (QED) is 0.511. The summed E-state index contributed by atoms with van der Waals surface area (Å²) in [5, 5.41) is 0. The Labute approximate surface area is 142 Å². The van der Waals surface area contributed by atoms with Crippen LogP contribution in [-0.2, 0) is 0 Å². The Morgan fingerprint density at radius 3 is 1.78 bits per heavy atom. The van der Waals surface area contributed by atoms with Crippen LogP contribution in [0.1, 0.15) is 40.2 Å². The Morgan fingerprint density at radius 2 is 1.30 bits per heavy atom. The molecule has 0 saturated carbocycles. The van der Waals surface area contributed by atoms with E-state index in [9.17, 15) is 0 Å². The van der Waals surface area contributed by atoms with Gasteiger partial charge in [0.05, 0.1) is 0 Å². The number of hydrogen-bond acceptors (Lipinski definition) is 0. The van der Waals surface area contributed by atoms with E-state index in [1.54, 1.807) is 0 Å². The molecule has 0 N–H and O–H groups in total. The molecule has 0 aliphatic carbocycles. The lowest BCUT2D eigenvalue weighted by Gasteiger charge is -2.05. The van der Waals surface area contributed by atoms with Gasteiger partial charge in [0.1, 0.15) is 0 Å². The zero-order valence-corrected chi connectivity index (χ0v) is 15.2. The van der Waals surface area contributed by atoms with Crippen molar-refractivity contribution in [1.29, 1.82) is 0 Å².